The maximum absolute atomic E-state index is 12.6. The standard InChI is InChI=1S/C19H24N4O2/c1-2-16-20-18(23-22-16)11-3-5-12(6-4-11)19(25)21-17-14-8-7-13(9-14)15(17)10-24/h3-6,13-15,17,24H,2,7-10H2,1H3,(H,21,25)(H,20,22,23). The highest BCUT2D eigenvalue weighted by Gasteiger charge is 2.47. The molecule has 2 bridgehead atoms. The van der Waals surface area contributed by atoms with Crippen molar-refractivity contribution in [1.82, 2.24) is 20.5 Å². The van der Waals surface area contributed by atoms with Crippen molar-refractivity contribution >= 4 is 5.91 Å². The Bertz CT molecular complexity index is 755. The van der Waals surface area contributed by atoms with Crippen LogP contribution < -0.4 is 5.32 Å². The second kappa shape index (κ2) is 6.59. The van der Waals surface area contributed by atoms with E-state index < -0.39 is 0 Å². The minimum absolute atomic E-state index is 0.0632. The number of carbonyl (C=O) groups excluding carboxylic acids is 1. The maximum Gasteiger partial charge on any atom is 0.251 e. The quantitative estimate of drug-likeness (QED) is 0.778. The number of aliphatic hydroxyl groups is 1. The van der Waals surface area contributed by atoms with Crippen LogP contribution in [-0.2, 0) is 6.42 Å². The Morgan fingerprint density at radius 1 is 1.28 bits per heavy atom. The Balaban J connectivity index is 1.45. The van der Waals surface area contributed by atoms with E-state index >= 15 is 0 Å². The first-order chi connectivity index (χ1) is 12.2. The molecule has 0 spiro atoms. The number of aliphatic hydroxyl groups excluding tert-OH is 1. The maximum atomic E-state index is 12.6. The van der Waals surface area contributed by atoms with Gasteiger partial charge in [0.15, 0.2) is 5.82 Å². The summed E-state index contributed by atoms with van der Waals surface area (Å²) in [5.41, 5.74) is 1.52. The summed E-state index contributed by atoms with van der Waals surface area (Å²) in [6.07, 6.45) is 4.30. The topological polar surface area (TPSA) is 90.9 Å². The number of H-pyrrole nitrogens is 1. The molecule has 4 atom stereocenters. The second-order valence-corrected chi connectivity index (χ2v) is 7.22. The lowest BCUT2D eigenvalue weighted by Gasteiger charge is -2.30. The summed E-state index contributed by atoms with van der Waals surface area (Å²) in [7, 11) is 0. The van der Waals surface area contributed by atoms with E-state index in [0.29, 0.717) is 23.2 Å². The number of aromatic amines is 1. The number of rotatable bonds is 5. The largest absolute Gasteiger partial charge is 0.396 e. The van der Waals surface area contributed by atoms with Gasteiger partial charge in [-0.3, -0.25) is 9.89 Å². The fourth-order valence-corrected chi connectivity index (χ4v) is 4.49. The lowest BCUT2D eigenvalue weighted by Crippen LogP contribution is -2.45. The van der Waals surface area contributed by atoms with Crippen LogP contribution in [0.4, 0.5) is 0 Å². The van der Waals surface area contributed by atoms with Gasteiger partial charge in [0, 0.05) is 36.1 Å². The Morgan fingerprint density at radius 2 is 2.04 bits per heavy atom. The minimum atomic E-state index is -0.0632. The fourth-order valence-electron chi connectivity index (χ4n) is 4.49. The number of nitrogens with one attached hydrogen (secondary N) is 2. The first-order valence-electron chi connectivity index (χ1n) is 9.13. The Hall–Kier alpha value is -2.21. The fraction of sp³-hybridized carbons (Fsp3) is 0.526. The lowest BCUT2D eigenvalue weighted by atomic mass is 9.85. The van der Waals surface area contributed by atoms with Crippen LogP contribution in [-0.4, -0.2) is 38.8 Å². The van der Waals surface area contributed by atoms with E-state index in [1.165, 1.54) is 6.42 Å². The molecule has 2 fully saturated rings. The summed E-state index contributed by atoms with van der Waals surface area (Å²) in [4.78, 5) is 17.0. The van der Waals surface area contributed by atoms with Gasteiger partial charge in [-0.25, -0.2) is 4.98 Å². The number of fused-ring (bicyclic) bond motifs is 2. The van der Waals surface area contributed by atoms with Gasteiger partial charge < -0.3 is 10.4 Å². The predicted molar refractivity (Wildman–Crippen MR) is 93.9 cm³/mol. The number of benzene rings is 1. The molecule has 2 saturated carbocycles. The molecule has 1 aromatic carbocycles. The first-order valence-corrected chi connectivity index (χ1v) is 9.13. The van der Waals surface area contributed by atoms with Crippen molar-refractivity contribution in [2.45, 2.75) is 38.6 Å². The van der Waals surface area contributed by atoms with Crippen LogP contribution in [0.5, 0.6) is 0 Å². The van der Waals surface area contributed by atoms with Gasteiger partial charge in [-0.15, -0.1) is 0 Å². The second-order valence-electron chi connectivity index (χ2n) is 7.22. The van der Waals surface area contributed by atoms with Gasteiger partial charge >= 0.3 is 0 Å². The van der Waals surface area contributed by atoms with Crippen LogP contribution in [0.15, 0.2) is 24.3 Å². The molecular formula is C19H24N4O2. The molecule has 6 heteroatoms. The molecule has 0 saturated heterocycles. The lowest BCUT2D eigenvalue weighted by molar-refractivity contribution is 0.0861. The molecule has 0 aliphatic heterocycles. The third-order valence-electron chi connectivity index (χ3n) is 5.87. The van der Waals surface area contributed by atoms with Crippen molar-refractivity contribution in [3.8, 4) is 11.4 Å². The van der Waals surface area contributed by atoms with Crippen LogP contribution >= 0.6 is 0 Å². The molecule has 1 heterocycles. The van der Waals surface area contributed by atoms with E-state index in [1.54, 1.807) is 0 Å². The molecule has 1 amide bonds. The third kappa shape index (κ3) is 2.95. The molecule has 3 N–H and O–H groups in total. The summed E-state index contributed by atoms with van der Waals surface area (Å²) < 4.78 is 0. The van der Waals surface area contributed by atoms with Crippen LogP contribution in [0.25, 0.3) is 11.4 Å². The van der Waals surface area contributed by atoms with Crippen LogP contribution in [0.2, 0.25) is 0 Å². The van der Waals surface area contributed by atoms with Crippen molar-refractivity contribution in [3.05, 3.63) is 35.7 Å². The van der Waals surface area contributed by atoms with Crippen molar-refractivity contribution < 1.29 is 9.90 Å². The number of hydrogen-bond donors (Lipinski definition) is 3. The van der Waals surface area contributed by atoms with Crippen molar-refractivity contribution in [3.63, 3.8) is 0 Å². The average Bonchev–Trinajstić information content (AvgIpc) is 3.37. The van der Waals surface area contributed by atoms with Crippen molar-refractivity contribution in [1.29, 1.82) is 0 Å². The minimum Gasteiger partial charge on any atom is -0.396 e. The monoisotopic (exact) mass is 340 g/mol. The highest BCUT2D eigenvalue weighted by molar-refractivity contribution is 5.94. The molecule has 4 unspecified atom stereocenters. The summed E-state index contributed by atoms with van der Waals surface area (Å²) >= 11 is 0. The first kappa shape index (κ1) is 16.3. The van der Waals surface area contributed by atoms with Gasteiger partial charge in [0.05, 0.1) is 0 Å². The molecule has 2 aliphatic rings. The van der Waals surface area contributed by atoms with Gasteiger partial charge in [-0.2, -0.15) is 5.10 Å². The van der Waals surface area contributed by atoms with E-state index in [1.807, 2.05) is 31.2 Å². The molecule has 25 heavy (non-hydrogen) atoms. The number of carbonyl (C=O) groups is 1. The highest BCUT2D eigenvalue weighted by atomic mass is 16.3. The van der Waals surface area contributed by atoms with E-state index in [9.17, 15) is 9.90 Å². The average molecular weight is 340 g/mol. The molecule has 4 rings (SSSR count). The van der Waals surface area contributed by atoms with Crippen LogP contribution in [0, 0.1) is 17.8 Å². The smallest absolute Gasteiger partial charge is 0.251 e. The molecule has 6 nitrogen and oxygen atoms in total. The molecule has 2 aromatic rings. The molecule has 2 aliphatic carbocycles. The predicted octanol–water partition coefficient (Wildman–Crippen LogP) is 2.17. The molecule has 1 aromatic heterocycles. The number of aromatic nitrogens is 3. The van der Waals surface area contributed by atoms with Crippen LogP contribution in [0.3, 0.4) is 0 Å². The van der Waals surface area contributed by atoms with Gasteiger partial charge in [0.25, 0.3) is 5.91 Å². The molecule has 132 valence electrons. The summed E-state index contributed by atoms with van der Waals surface area (Å²) in [5.74, 6) is 2.74. The van der Waals surface area contributed by atoms with Gasteiger partial charge in [0.1, 0.15) is 5.82 Å². The zero-order chi connectivity index (χ0) is 17.4. The van der Waals surface area contributed by atoms with E-state index in [0.717, 1.165) is 30.7 Å². The summed E-state index contributed by atoms with van der Waals surface area (Å²) in [6, 6.07) is 7.49. The molecule has 0 radical (unpaired) electrons. The van der Waals surface area contributed by atoms with Gasteiger partial charge in [0.2, 0.25) is 0 Å². The normalized spacial score (nSPS) is 27.6. The summed E-state index contributed by atoms with van der Waals surface area (Å²) in [6.45, 7) is 2.18. The van der Waals surface area contributed by atoms with Gasteiger partial charge in [-0.1, -0.05) is 19.1 Å². The highest BCUT2D eigenvalue weighted by Crippen LogP contribution is 2.48. The van der Waals surface area contributed by atoms with Crippen molar-refractivity contribution in [2.24, 2.45) is 17.8 Å². The van der Waals surface area contributed by atoms with E-state index in [-0.39, 0.29) is 24.5 Å². The van der Waals surface area contributed by atoms with Crippen LogP contribution in [0.1, 0.15) is 42.4 Å². The zero-order valence-electron chi connectivity index (χ0n) is 14.4. The zero-order valence-corrected chi connectivity index (χ0v) is 14.4. The number of hydrogen-bond acceptors (Lipinski definition) is 4. The van der Waals surface area contributed by atoms with E-state index in [4.69, 9.17) is 0 Å². The number of aryl methyl sites for hydroxylation is 1. The van der Waals surface area contributed by atoms with Gasteiger partial charge in [-0.05, 0) is 43.2 Å². The Morgan fingerprint density at radius 3 is 2.72 bits per heavy atom. The SMILES string of the molecule is CCc1nc(-c2ccc(C(=O)NC3C4CCC(C4)C3CO)cc2)n[nH]1. The Kier molecular flexibility index (Phi) is 4.29. The van der Waals surface area contributed by atoms with E-state index in [2.05, 4.69) is 20.5 Å². The Labute approximate surface area is 147 Å². The molecular weight excluding hydrogens is 316 g/mol. The summed E-state index contributed by atoms with van der Waals surface area (Å²) in [5, 5.41) is 19.9. The van der Waals surface area contributed by atoms with Crippen molar-refractivity contribution in [2.75, 3.05) is 6.61 Å². The number of nitrogens with zero attached hydrogens (tertiary/aromatic N) is 2. The third-order valence-corrected chi connectivity index (χ3v) is 5.87. The number of amides is 1.